The molecule has 0 aliphatic rings. The Labute approximate surface area is 135 Å². The zero-order valence-electron chi connectivity index (χ0n) is 12.7. The highest BCUT2D eigenvalue weighted by Gasteiger charge is 2.13. The molecule has 2 aromatic rings. The first kappa shape index (κ1) is 15.3. The van der Waals surface area contributed by atoms with Crippen molar-refractivity contribution in [2.75, 3.05) is 5.32 Å². The predicted octanol–water partition coefficient (Wildman–Crippen LogP) is 5.09. The second kappa shape index (κ2) is 6.12. The molecule has 0 aliphatic heterocycles. The number of aryl methyl sites for hydroxylation is 4. The quantitative estimate of drug-likeness (QED) is 0.750. The van der Waals surface area contributed by atoms with Crippen molar-refractivity contribution >= 4 is 28.3 Å². The van der Waals surface area contributed by atoms with Crippen LogP contribution in [0.5, 0.6) is 0 Å². The lowest BCUT2D eigenvalue weighted by atomic mass is 10.00. The van der Waals surface area contributed by atoms with Gasteiger partial charge in [0.15, 0.2) is 0 Å². The van der Waals surface area contributed by atoms with Crippen molar-refractivity contribution in [3.05, 3.63) is 55.9 Å². The average molecular weight is 380 g/mol. The molecule has 0 amide bonds. The lowest BCUT2D eigenvalue weighted by Gasteiger charge is -2.20. The van der Waals surface area contributed by atoms with Gasteiger partial charge in [-0.25, -0.2) is 0 Å². The highest BCUT2D eigenvalue weighted by Crippen LogP contribution is 2.26. The van der Waals surface area contributed by atoms with Crippen molar-refractivity contribution in [1.29, 1.82) is 0 Å². The summed E-state index contributed by atoms with van der Waals surface area (Å²) in [6, 6.07) is 8.89. The summed E-state index contributed by atoms with van der Waals surface area (Å²) in [6.07, 6.45) is 0. The first-order chi connectivity index (χ1) is 9.38. The van der Waals surface area contributed by atoms with E-state index in [1.54, 1.807) is 0 Å². The molecular weight excluding hydrogens is 359 g/mol. The fraction of sp³-hybridized carbons (Fsp3) is 0.353. The third kappa shape index (κ3) is 3.32. The van der Waals surface area contributed by atoms with E-state index in [1.807, 2.05) is 6.92 Å². The number of hydrogen-bond donors (Lipinski definition) is 1. The van der Waals surface area contributed by atoms with Crippen LogP contribution in [0.25, 0.3) is 0 Å². The van der Waals surface area contributed by atoms with Crippen molar-refractivity contribution in [2.45, 2.75) is 40.7 Å². The van der Waals surface area contributed by atoms with Gasteiger partial charge in [0, 0.05) is 20.6 Å². The monoisotopic (exact) mass is 380 g/mol. The van der Waals surface area contributed by atoms with Crippen molar-refractivity contribution < 1.29 is 0 Å². The van der Waals surface area contributed by atoms with Crippen LogP contribution in [0.3, 0.4) is 0 Å². The van der Waals surface area contributed by atoms with E-state index in [9.17, 15) is 0 Å². The summed E-state index contributed by atoms with van der Waals surface area (Å²) in [7, 11) is 0. The molecule has 0 spiro atoms. The van der Waals surface area contributed by atoms with Crippen LogP contribution < -0.4 is 5.32 Å². The van der Waals surface area contributed by atoms with E-state index in [1.165, 1.54) is 20.3 Å². The molecule has 1 atom stereocenters. The van der Waals surface area contributed by atoms with Crippen molar-refractivity contribution in [3.63, 3.8) is 0 Å². The minimum atomic E-state index is 0.251. The number of anilines is 1. The number of benzene rings is 1. The fourth-order valence-corrected chi connectivity index (χ4v) is 3.21. The molecule has 0 saturated carbocycles. The summed E-state index contributed by atoms with van der Waals surface area (Å²) in [5.41, 5.74) is 7.27. The number of rotatable bonds is 3. The maximum absolute atomic E-state index is 4.59. The normalized spacial score (nSPS) is 12.3. The van der Waals surface area contributed by atoms with Gasteiger partial charge in [-0.2, -0.15) is 0 Å². The Morgan fingerprint density at radius 1 is 1.05 bits per heavy atom. The minimum absolute atomic E-state index is 0.251. The largest absolute Gasteiger partial charge is 0.378 e. The second-order valence-corrected chi connectivity index (χ2v) is 6.57. The maximum atomic E-state index is 4.59. The number of hydrogen-bond acceptors (Lipinski definition) is 2. The van der Waals surface area contributed by atoms with Crippen LogP contribution >= 0.6 is 22.6 Å². The van der Waals surface area contributed by atoms with Crippen LogP contribution in [0.15, 0.2) is 24.3 Å². The molecule has 1 N–H and O–H groups in total. The van der Waals surface area contributed by atoms with E-state index < -0.39 is 0 Å². The summed E-state index contributed by atoms with van der Waals surface area (Å²) in [5, 5.41) is 3.58. The van der Waals surface area contributed by atoms with E-state index in [2.05, 4.69) is 84.9 Å². The van der Waals surface area contributed by atoms with Gasteiger partial charge < -0.3 is 5.32 Å². The molecule has 2 nitrogen and oxygen atoms in total. The molecule has 20 heavy (non-hydrogen) atoms. The van der Waals surface area contributed by atoms with Gasteiger partial charge in [0.1, 0.15) is 0 Å². The highest BCUT2D eigenvalue weighted by atomic mass is 127. The third-order valence-corrected chi connectivity index (χ3v) is 4.73. The minimum Gasteiger partial charge on any atom is -0.378 e. The van der Waals surface area contributed by atoms with Gasteiger partial charge in [0.25, 0.3) is 0 Å². The Morgan fingerprint density at radius 2 is 1.75 bits per heavy atom. The summed E-state index contributed by atoms with van der Waals surface area (Å²) < 4.78 is 1.29. The van der Waals surface area contributed by atoms with Crippen molar-refractivity contribution in [2.24, 2.45) is 0 Å². The lowest BCUT2D eigenvalue weighted by molar-refractivity contribution is 0.843. The smallest absolute Gasteiger partial charge is 0.0506 e. The van der Waals surface area contributed by atoms with Gasteiger partial charge in [-0.3, -0.25) is 4.98 Å². The molecular formula is C17H21IN2. The van der Waals surface area contributed by atoms with Crippen LogP contribution in [-0.2, 0) is 0 Å². The van der Waals surface area contributed by atoms with Crippen LogP contribution in [0.4, 0.5) is 5.69 Å². The first-order valence-electron chi connectivity index (χ1n) is 6.86. The van der Waals surface area contributed by atoms with E-state index in [4.69, 9.17) is 0 Å². The highest BCUT2D eigenvalue weighted by molar-refractivity contribution is 14.1. The van der Waals surface area contributed by atoms with Gasteiger partial charge in [0.2, 0.25) is 0 Å². The Hall–Kier alpha value is -1.10. The third-order valence-electron chi connectivity index (χ3n) is 3.57. The number of halogens is 1. The zero-order chi connectivity index (χ0) is 14.9. The predicted molar refractivity (Wildman–Crippen MR) is 94.4 cm³/mol. The number of aromatic nitrogens is 1. The van der Waals surface area contributed by atoms with Gasteiger partial charge in [-0.1, -0.05) is 6.07 Å². The molecule has 0 radical (unpaired) electrons. The molecule has 0 saturated heterocycles. The van der Waals surface area contributed by atoms with E-state index in [0.717, 1.165) is 17.1 Å². The van der Waals surface area contributed by atoms with Crippen molar-refractivity contribution in [3.8, 4) is 0 Å². The van der Waals surface area contributed by atoms with Gasteiger partial charge in [0.05, 0.1) is 6.04 Å². The fourth-order valence-electron chi connectivity index (χ4n) is 2.69. The SMILES string of the molecule is Cc1cc(C)c(C(C)Nc2ccc(C)c(I)c2)c(C)n1. The molecule has 106 valence electrons. The summed E-state index contributed by atoms with van der Waals surface area (Å²) in [4.78, 5) is 4.59. The lowest BCUT2D eigenvalue weighted by Crippen LogP contribution is -2.11. The van der Waals surface area contributed by atoms with Crippen molar-refractivity contribution in [1.82, 2.24) is 4.98 Å². The second-order valence-electron chi connectivity index (χ2n) is 5.41. The molecule has 1 unspecified atom stereocenters. The molecule has 2 rings (SSSR count). The molecule has 0 fully saturated rings. The number of nitrogens with zero attached hydrogens (tertiary/aromatic N) is 1. The molecule has 1 aromatic carbocycles. The molecule has 3 heteroatoms. The Kier molecular flexibility index (Phi) is 4.68. The van der Waals surface area contributed by atoms with Gasteiger partial charge in [-0.05, 0) is 92.1 Å². The zero-order valence-corrected chi connectivity index (χ0v) is 14.9. The Bertz CT molecular complexity index is 612. The Morgan fingerprint density at radius 3 is 2.35 bits per heavy atom. The first-order valence-corrected chi connectivity index (χ1v) is 7.94. The number of nitrogens with one attached hydrogen (secondary N) is 1. The summed E-state index contributed by atoms with van der Waals surface area (Å²) in [5.74, 6) is 0. The summed E-state index contributed by atoms with van der Waals surface area (Å²) >= 11 is 2.38. The van der Waals surface area contributed by atoms with Gasteiger partial charge in [-0.15, -0.1) is 0 Å². The van der Waals surface area contributed by atoms with E-state index in [-0.39, 0.29) is 6.04 Å². The van der Waals surface area contributed by atoms with Gasteiger partial charge >= 0.3 is 0 Å². The van der Waals surface area contributed by atoms with Crippen LogP contribution in [0, 0.1) is 31.3 Å². The van der Waals surface area contributed by atoms with E-state index >= 15 is 0 Å². The molecule has 0 aliphatic carbocycles. The molecule has 0 bridgehead atoms. The summed E-state index contributed by atoms with van der Waals surface area (Å²) in [6.45, 7) is 10.6. The van der Waals surface area contributed by atoms with Crippen LogP contribution in [0.1, 0.15) is 41.0 Å². The standard InChI is InChI=1S/C17H21IN2/c1-10-6-7-15(9-16(10)18)20-14(5)17-11(2)8-12(3)19-13(17)4/h6-9,14,20H,1-5H3. The average Bonchev–Trinajstić information content (AvgIpc) is 2.32. The molecule has 1 aromatic heterocycles. The molecule has 1 heterocycles. The Balaban J connectivity index is 2.28. The maximum Gasteiger partial charge on any atom is 0.0506 e. The van der Waals surface area contributed by atoms with E-state index in [0.29, 0.717) is 0 Å². The number of pyridine rings is 1. The topological polar surface area (TPSA) is 24.9 Å². The van der Waals surface area contributed by atoms with Crippen LogP contribution in [-0.4, -0.2) is 4.98 Å². The van der Waals surface area contributed by atoms with Crippen LogP contribution in [0.2, 0.25) is 0 Å².